The van der Waals surface area contributed by atoms with Crippen molar-refractivity contribution in [2.75, 3.05) is 20.2 Å². The van der Waals surface area contributed by atoms with Crippen LogP contribution in [0, 0.1) is 0 Å². The molecular weight excluding hydrogens is 429 g/mol. The molecular formula is C19H34IN3O2. The number of hydrogen-bond donors (Lipinski definition) is 2. The Kier molecular flexibility index (Phi) is 12.1. The Bertz CT molecular complexity index is 519. The monoisotopic (exact) mass is 463 g/mol. The van der Waals surface area contributed by atoms with E-state index in [0.29, 0.717) is 19.7 Å². The van der Waals surface area contributed by atoms with E-state index in [9.17, 15) is 0 Å². The van der Waals surface area contributed by atoms with Gasteiger partial charge in [-0.05, 0) is 45.7 Å². The second kappa shape index (κ2) is 12.5. The van der Waals surface area contributed by atoms with Crippen LogP contribution >= 0.6 is 24.0 Å². The lowest BCUT2D eigenvalue weighted by molar-refractivity contribution is 0.0268. The third-order valence-electron chi connectivity index (χ3n) is 3.57. The highest BCUT2D eigenvalue weighted by molar-refractivity contribution is 14.0. The second-order valence-electron chi connectivity index (χ2n) is 6.69. The minimum atomic E-state index is -0.232. The molecule has 144 valence electrons. The molecule has 0 aromatic heterocycles. The van der Waals surface area contributed by atoms with E-state index in [1.807, 2.05) is 27.7 Å². The zero-order chi connectivity index (χ0) is 18.0. The van der Waals surface area contributed by atoms with Gasteiger partial charge in [-0.2, -0.15) is 0 Å². The largest absolute Gasteiger partial charge is 0.377 e. The van der Waals surface area contributed by atoms with Crippen molar-refractivity contribution < 1.29 is 9.47 Å². The summed E-state index contributed by atoms with van der Waals surface area (Å²) < 4.78 is 11.1. The van der Waals surface area contributed by atoms with Crippen LogP contribution in [-0.2, 0) is 22.6 Å². The lowest BCUT2D eigenvalue weighted by Crippen LogP contribution is -2.45. The SMILES string of the molecule is CCNC(=NCc1cccc(COC(C)C)c1)NCC(C)(C)OC.I. The first kappa shape index (κ1) is 24.1. The average Bonchev–Trinajstić information content (AvgIpc) is 2.56. The van der Waals surface area contributed by atoms with Gasteiger partial charge < -0.3 is 20.1 Å². The maximum absolute atomic E-state index is 5.66. The first-order valence-electron chi connectivity index (χ1n) is 8.63. The normalized spacial score (nSPS) is 12.0. The first-order valence-corrected chi connectivity index (χ1v) is 8.63. The van der Waals surface area contributed by atoms with Crippen molar-refractivity contribution in [3.63, 3.8) is 0 Å². The number of halogens is 1. The van der Waals surface area contributed by atoms with E-state index in [1.54, 1.807) is 7.11 Å². The minimum Gasteiger partial charge on any atom is -0.377 e. The van der Waals surface area contributed by atoms with Crippen LogP contribution in [0.4, 0.5) is 0 Å². The molecule has 0 fully saturated rings. The van der Waals surface area contributed by atoms with Crippen molar-refractivity contribution in [1.29, 1.82) is 0 Å². The Labute approximate surface area is 170 Å². The summed E-state index contributed by atoms with van der Waals surface area (Å²) in [6, 6.07) is 8.37. The average molecular weight is 463 g/mol. The number of hydrogen-bond acceptors (Lipinski definition) is 3. The Morgan fingerprint density at radius 3 is 2.48 bits per heavy atom. The molecule has 1 rings (SSSR count). The number of rotatable bonds is 9. The highest BCUT2D eigenvalue weighted by Gasteiger charge is 2.16. The zero-order valence-electron chi connectivity index (χ0n) is 16.4. The Morgan fingerprint density at radius 1 is 1.20 bits per heavy atom. The fourth-order valence-corrected chi connectivity index (χ4v) is 1.96. The van der Waals surface area contributed by atoms with Crippen LogP contribution in [0.5, 0.6) is 0 Å². The Morgan fingerprint density at radius 2 is 1.88 bits per heavy atom. The molecule has 0 radical (unpaired) electrons. The maximum atomic E-state index is 5.66. The van der Waals surface area contributed by atoms with Crippen LogP contribution in [0.2, 0.25) is 0 Å². The highest BCUT2D eigenvalue weighted by atomic mass is 127. The standard InChI is InChI=1S/C19H33N3O2.HI/c1-7-20-18(22-14-19(4,5)23-6)21-12-16-9-8-10-17(11-16)13-24-15(2)3;/h8-11,15H,7,12-14H2,1-6H3,(H2,20,21,22);1H. The predicted molar refractivity (Wildman–Crippen MR) is 116 cm³/mol. The van der Waals surface area contributed by atoms with E-state index >= 15 is 0 Å². The minimum absolute atomic E-state index is 0. The van der Waals surface area contributed by atoms with Crippen LogP contribution in [0.1, 0.15) is 45.7 Å². The van der Waals surface area contributed by atoms with Gasteiger partial charge in [0.15, 0.2) is 5.96 Å². The van der Waals surface area contributed by atoms with Gasteiger partial charge in [0, 0.05) is 20.2 Å². The van der Waals surface area contributed by atoms with Crippen LogP contribution < -0.4 is 10.6 Å². The molecule has 1 aromatic rings. The van der Waals surface area contributed by atoms with Gasteiger partial charge in [-0.1, -0.05) is 24.3 Å². The maximum Gasteiger partial charge on any atom is 0.191 e. The molecule has 0 aliphatic carbocycles. The lowest BCUT2D eigenvalue weighted by Gasteiger charge is -2.24. The van der Waals surface area contributed by atoms with E-state index in [2.05, 4.69) is 46.8 Å². The van der Waals surface area contributed by atoms with Crippen molar-refractivity contribution in [1.82, 2.24) is 10.6 Å². The molecule has 0 spiro atoms. The van der Waals surface area contributed by atoms with Crippen LogP contribution in [0.15, 0.2) is 29.3 Å². The molecule has 6 heteroatoms. The van der Waals surface area contributed by atoms with Gasteiger partial charge in [-0.25, -0.2) is 4.99 Å². The molecule has 0 amide bonds. The van der Waals surface area contributed by atoms with E-state index in [4.69, 9.17) is 9.47 Å². The topological polar surface area (TPSA) is 54.9 Å². The number of guanidine groups is 1. The van der Waals surface area contributed by atoms with Gasteiger partial charge in [0.1, 0.15) is 0 Å². The number of aliphatic imine (C=N–C) groups is 1. The van der Waals surface area contributed by atoms with Crippen molar-refractivity contribution in [2.24, 2.45) is 4.99 Å². The number of ether oxygens (including phenoxy) is 2. The van der Waals surface area contributed by atoms with E-state index in [1.165, 1.54) is 11.1 Å². The van der Waals surface area contributed by atoms with Crippen molar-refractivity contribution in [3.05, 3.63) is 35.4 Å². The van der Waals surface area contributed by atoms with Crippen LogP contribution in [0.25, 0.3) is 0 Å². The number of nitrogens with one attached hydrogen (secondary N) is 2. The van der Waals surface area contributed by atoms with E-state index < -0.39 is 0 Å². The van der Waals surface area contributed by atoms with E-state index in [-0.39, 0.29) is 35.7 Å². The molecule has 0 bridgehead atoms. The number of benzene rings is 1. The molecule has 0 saturated carbocycles. The predicted octanol–water partition coefficient (Wildman–Crippen LogP) is 3.71. The molecule has 0 aliphatic heterocycles. The summed E-state index contributed by atoms with van der Waals surface area (Å²) in [5.74, 6) is 0.798. The Balaban J connectivity index is 0.00000576. The molecule has 0 saturated heterocycles. The molecule has 2 N–H and O–H groups in total. The molecule has 0 unspecified atom stereocenters. The Hall–Kier alpha value is -0.860. The summed E-state index contributed by atoms with van der Waals surface area (Å²) in [5.41, 5.74) is 2.11. The van der Waals surface area contributed by atoms with Gasteiger partial charge in [-0.3, -0.25) is 0 Å². The molecule has 5 nitrogen and oxygen atoms in total. The quantitative estimate of drug-likeness (QED) is 0.333. The fraction of sp³-hybridized carbons (Fsp3) is 0.632. The smallest absolute Gasteiger partial charge is 0.191 e. The number of nitrogens with zero attached hydrogens (tertiary/aromatic N) is 1. The summed E-state index contributed by atoms with van der Waals surface area (Å²) in [6.45, 7) is 13.0. The third kappa shape index (κ3) is 10.7. The van der Waals surface area contributed by atoms with E-state index in [0.717, 1.165) is 12.5 Å². The van der Waals surface area contributed by atoms with Gasteiger partial charge in [-0.15, -0.1) is 24.0 Å². The zero-order valence-corrected chi connectivity index (χ0v) is 18.7. The van der Waals surface area contributed by atoms with Crippen LogP contribution in [0.3, 0.4) is 0 Å². The van der Waals surface area contributed by atoms with Crippen molar-refractivity contribution in [2.45, 2.75) is 59.5 Å². The summed E-state index contributed by atoms with van der Waals surface area (Å²) in [6.07, 6.45) is 0.236. The molecule has 1 aromatic carbocycles. The highest BCUT2D eigenvalue weighted by Crippen LogP contribution is 2.09. The summed E-state index contributed by atoms with van der Waals surface area (Å²) in [7, 11) is 1.72. The van der Waals surface area contributed by atoms with Gasteiger partial charge in [0.25, 0.3) is 0 Å². The molecule has 0 heterocycles. The lowest BCUT2D eigenvalue weighted by atomic mass is 10.1. The first-order chi connectivity index (χ1) is 11.4. The van der Waals surface area contributed by atoms with Gasteiger partial charge in [0.2, 0.25) is 0 Å². The summed E-state index contributed by atoms with van der Waals surface area (Å²) in [4.78, 5) is 4.66. The molecule has 0 aliphatic rings. The molecule has 0 atom stereocenters. The van der Waals surface area contributed by atoms with Gasteiger partial charge in [0.05, 0.1) is 24.9 Å². The summed E-state index contributed by atoms with van der Waals surface area (Å²) >= 11 is 0. The fourth-order valence-electron chi connectivity index (χ4n) is 1.96. The molecule has 25 heavy (non-hydrogen) atoms. The van der Waals surface area contributed by atoms with Crippen molar-refractivity contribution in [3.8, 4) is 0 Å². The van der Waals surface area contributed by atoms with Gasteiger partial charge >= 0.3 is 0 Å². The summed E-state index contributed by atoms with van der Waals surface area (Å²) in [5, 5.41) is 6.59. The van der Waals surface area contributed by atoms with Crippen molar-refractivity contribution >= 4 is 29.9 Å². The third-order valence-corrected chi connectivity index (χ3v) is 3.57. The second-order valence-corrected chi connectivity index (χ2v) is 6.69. The number of methoxy groups -OCH3 is 1. The van der Waals surface area contributed by atoms with Crippen LogP contribution in [-0.4, -0.2) is 37.9 Å².